The molecule has 0 atom stereocenters. The highest BCUT2D eigenvalue weighted by Gasteiger charge is 2.18. The van der Waals surface area contributed by atoms with Crippen LogP contribution >= 0.6 is 0 Å². The zero-order chi connectivity index (χ0) is 16.8. The van der Waals surface area contributed by atoms with Crippen molar-refractivity contribution < 1.29 is 0 Å². The van der Waals surface area contributed by atoms with Crippen LogP contribution in [0, 0.1) is 23.7 Å². The molecule has 0 N–H and O–H groups in total. The van der Waals surface area contributed by atoms with Gasteiger partial charge in [-0.15, -0.1) is 4.91 Å². The molecule has 1 aliphatic rings. The van der Waals surface area contributed by atoms with Crippen molar-refractivity contribution in [1.82, 2.24) is 4.98 Å². The van der Waals surface area contributed by atoms with Crippen LogP contribution < -0.4 is 4.90 Å². The lowest BCUT2D eigenvalue weighted by Gasteiger charge is -2.29. The molecule has 0 saturated carbocycles. The number of aryl methyl sites for hydroxylation is 1. The van der Waals surface area contributed by atoms with Gasteiger partial charge in [0.1, 0.15) is 5.69 Å². The maximum Gasteiger partial charge on any atom is 0.158 e. The number of aromatic nitrogens is 1. The predicted molar refractivity (Wildman–Crippen MR) is 97.3 cm³/mol. The van der Waals surface area contributed by atoms with E-state index in [2.05, 4.69) is 46.0 Å². The third kappa shape index (κ3) is 3.88. The Morgan fingerprint density at radius 3 is 2.79 bits per heavy atom. The van der Waals surface area contributed by atoms with Crippen LogP contribution in [-0.4, -0.2) is 18.1 Å². The summed E-state index contributed by atoms with van der Waals surface area (Å²) in [5.74, 6) is 7.02. The van der Waals surface area contributed by atoms with Gasteiger partial charge in [-0.05, 0) is 60.8 Å². The van der Waals surface area contributed by atoms with Gasteiger partial charge in [0.2, 0.25) is 0 Å². The summed E-state index contributed by atoms with van der Waals surface area (Å²) in [6.45, 7) is 3.73. The summed E-state index contributed by atoms with van der Waals surface area (Å²) in [5, 5.41) is 3.06. The van der Waals surface area contributed by atoms with E-state index in [1.807, 2.05) is 18.2 Å². The first-order valence-corrected chi connectivity index (χ1v) is 8.06. The van der Waals surface area contributed by atoms with Crippen molar-refractivity contribution >= 4 is 11.5 Å². The fraction of sp³-hybridized carbons (Fsp3) is 0.250. The van der Waals surface area contributed by atoms with E-state index in [1.165, 1.54) is 11.1 Å². The number of rotatable bonds is 2. The summed E-state index contributed by atoms with van der Waals surface area (Å²) in [6, 6.07) is 11.6. The Balaban J connectivity index is 1.64. The molecule has 0 radical (unpaired) electrons. The number of nitrogens with zero attached hydrogens (tertiary/aromatic N) is 3. The van der Waals surface area contributed by atoms with Gasteiger partial charge in [0.15, 0.2) is 5.82 Å². The lowest BCUT2D eigenvalue weighted by molar-refractivity contribution is 0.678. The average molecular weight is 317 g/mol. The Labute approximate surface area is 142 Å². The van der Waals surface area contributed by atoms with Gasteiger partial charge >= 0.3 is 0 Å². The van der Waals surface area contributed by atoms with E-state index in [-0.39, 0.29) is 0 Å². The Morgan fingerprint density at radius 1 is 1.21 bits per heavy atom. The van der Waals surface area contributed by atoms with E-state index in [1.54, 1.807) is 18.3 Å². The van der Waals surface area contributed by atoms with Crippen LogP contribution in [0.25, 0.3) is 0 Å². The van der Waals surface area contributed by atoms with Gasteiger partial charge in [0.05, 0.1) is 0 Å². The topological polar surface area (TPSA) is 45.6 Å². The van der Waals surface area contributed by atoms with Gasteiger partial charge in [-0.25, -0.2) is 4.98 Å². The Morgan fingerprint density at radius 2 is 2.04 bits per heavy atom. The molecule has 0 unspecified atom stereocenters. The van der Waals surface area contributed by atoms with Crippen LogP contribution in [0.3, 0.4) is 0 Å². The maximum atomic E-state index is 10.9. The largest absolute Gasteiger partial charge is 0.354 e. The molecule has 2 heterocycles. The minimum atomic E-state index is 0.407. The van der Waals surface area contributed by atoms with Crippen molar-refractivity contribution in [3.05, 3.63) is 70.3 Å². The van der Waals surface area contributed by atoms with Crippen molar-refractivity contribution in [1.29, 1.82) is 0 Å². The molecule has 4 heteroatoms. The normalized spacial score (nSPS) is 13.9. The van der Waals surface area contributed by atoms with Crippen LogP contribution in [0.1, 0.15) is 24.0 Å². The number of piperidine rings is 1. The molecule has 1 saturated heterocycles. The minimum absolute atomic E-state index is 0.407. The van der Waals surface area contributed by atoms with Crippen LogP contribution in [-0.2, 0) is 0 Å². The number of hydrogen-bond donors (Lipinski definition) is 0. The highest BCUT2D eigenvalue weighted by Crippen LogP contribution is 2.28. The number of allylic oxidation sites excluding steroid dienone is 1. The summed E-state index contributed by atoms with van der Waals surface area (Å²) in [5.41, 5.74) is 4.00. The number of hydrogen-bond acceptors (Lipinski definition) is 4. The molecule has 4 nitrogen and oxygen atoms in total. The van der Waals surface area contributed by atoms with E-state index in [0.29, 0.717) is 11.5 Å². The second-order valence-electron chi connectivity index (χ2n) is 5.87. The molecule has 3 rings (SSSR count). The lowest BCUT2D eigenvalue weighted by Crippen LogP contribution is -2.31. The molecular weight excluding hydrogens is 298 g/mol. The van der Waals surface area contributed by atoms with Crippen LogP contribution in [0.2, 0.25) is 0 Å². The van der Waals surface area contributed by atoms with Gasteiger partial charge in [-0.3, -0.25) is 0 Å². The summed E-state index contributed by atoms with van der Waals surface area (Å²) in [7, 11) is 0. The standard InChI is InChI=1S/C20H19N3O/c1-16-5-2-7-18(15-16)8-3-6-17-10-13-23(14-11-17)20-19(22-24)9-4-12-21-20/h2,4-7,9,12,15H,10-11,13-14H2,1H3. The zero-order valence-corrected chi connectivity index (χ0v) is 13.7. The SMILES string of the molecule is Cc1cccc(C#CC=C2CCN(c3ncccc3N=O)CC2)c1. The molecular formula is C20H19N3O. The highest BCUT2D eigenvalue weighted by molar-refractivity contribution is 5.61. The quantitative estimate of drug-likeness (QED) is 0.610. The first-order chi connectivity index (χ1) is 11.8. The number of anilines is 1. The molecule has 24 heavy (non-hydrogen) atoms. The molecule has 120 valence electrons. The van der Waals surface area contributed by atoms with Gasteiger partial charge in [0.25, 0.3) is 0 Å². The van der Waals surface area contributed by atoms with E-state index >= 15 is 0 Å². The molecule has 0 amide bonds. The fourth-order valence-electron chi connectivity index (χ4n) is 2.80. The van der Waals surface area contributed by atoms with E-state index in [9.17, 15) is 4.91 Å². The van der Waals surface area contributed by atoms with Crippen LogP contribution in [0.5, 0.6) is 0 Å². The molecule has 1 fully saturated rings. The summed E-state index contributed by atoms with van der Waals surface area (Å²) >= 11 is 0. The highest BCUT2D eigenvalue weighted by atomic mass is 16.3. The van der Waals surface area contributed by atoms with Crippen LogP contribution in [0.15, 0.2) is 59.4 Å². The third-order valence-electron chi connectivity index (χ3n) is 4.08. The molecule has 1 aromatic carbocycles. The van der Waals surface area contributed by atoms with E-state index in [4.69, 9.17) is 0 Å². The zero-order valence-electron chi connectivity index (χ0n) is 13.7. The first kappa shape index (κ1) is 15.9. The first-order valence-electron chi connectivity index (χ1n) is 8.06. The Hall–Kier alpha value is -2.93. The van der Waals surface area contributed by atoms with E-state index < -0.39 is 0 Å². The monoisotopic (exact) mass is 317 g/mol. The average Bonchev–Trinajstić information content (AvgIpc) is 2.62. The fourth-order valence-corrected chi connectivity index (χ4v) is 2.80. The molecule has 1 aromatic heterocycles. The number of benzene rings is 1. The second-order valence-corrected chi connectivity index (χ2v) is 5.87. The molecule has 0 spiro atoms. The van der Waals surface area contributed by atoms with Gasteiger partial charge < -0.3 is 4.90 Å². The predicted octanol–water partition coefficient (Wildman–Crippen LogP) is 4.37. The molecule has 1 aliphatic heterocycles. The summed E-state index contributed by atoms with van der Waals surface area (Å²) in [6.07, 6.45) is 5.58. The van der Waals surface area contributed by atoms with Crippen molar-refractivity contribution in [2.24, 2.45) is 5.18 Å². The summed E-state index contributed by atoms with van der Waals surface area (Å²) < 4.78 is 0. The van der Waals surface area contributed by atoms with E-state index in [0.717, 1.165) is 31.5 Å². The third-order valence-corrected chi connectivity index (χ3v) is 4.08. The molecule has 2 aromatic rings. The van der Waals surface area contributed by atoms with Gasteiger partial charge in [-0.1, -0.05) is 29.5 Å². The maximum absolute atomic E-state index is 10.9. The van der Waals surface area contributed by atoms with Crippen molar-refractivity contribution in [3.8, 4) is 11.8 Å². The number of pyridine rings is 1. The van der Waals surface area contributed by atoms with Crippen molar-refractivity contribution in [3.63, 3.8) is 0 Å². The second kappa shape index (κ2) is 7.56. The Bertz CT molecular complexity index is 820. The lowest BCUT2D eigenvalue weighted by atomic mass is 10.0. The van der Waals surface area contributed by atoms with Gasteiger partial charge in [0, 0.05) is 24.8 Å². The van der Waals surface area contributed by atoms with Gasteiger partial charge in [-0.2, -0.15) is 0 Å². The van der Waals surface area contributed by atoms with Crippen molar-refractivity contribution in [2.75, 3.05) is 18.0 Å². The minimum Gasteiger partial charge on any atom is -0.354 e. The van der Waals surface area contributed by atoms with Crippen LogP contribution in [0.4, 0.5) is 11.5 Å². The van der Waals surface area contributed by atoms with Crippen molar-refractivity contribution in [2.45, 2.75) is 19.8 Å². The molecule has 0 aliphatic carbocycles. The molecule has 0 bridgehead atoms. The summed E-state index contributed by atoms with van der Waals surface area (Å²) in [4.78, 5) is 17.3. The number of nitroso groups, excluding NO2 is 1. The Kier molecular flexibility index (Phi) is 5.02. The smallest absolute Gasteiger partial charge is 0.158 e.